The molecule has 1 N–H and O–H groups in total. The molecule has 3 amide bonds. The van der Waals surface area contributed by atoms with Crippen molar-refractivity contribution in [2.24, 2.45) is 0 Å². The van der Waals surface area contributed by atoms with E-state index in [1.54, 1.807) is 0 Å². The smallest absolute Gasteiger partial charge is 0.322 e. The molecule has 1 saturated heterocycles. The lowest BCUT2D eigenvalue weighted by Gasteiger charge is -2.26. The van der Waals surface area contributed by atoms with Gasteiger partial charge >= 0.3 is 6.03 Å². The molecule has 6 nitrogen and oxygen atoms in total. The van der Waals surface area contributed by atoms with Crippen LogP contribution < -0.4 is 5.32 Å². The number of urea groups is 1. The van der Waals surface area contributed by atoms with Gasteiger partial charge < -0.3 is 4.90 Å². The molecule has 0 radical (unpaired) electrons. The van der Waals surface area contributed by atoms with Gasteiger partial charge in [0.15, 0.2) is 9.84 Å². The number of nitrogens with one attached hydrogen (secondary N) is 1. The minimum Gasteiger partial charge on any atom is -0.322 e. The van der Waals surface area contributed by atoms with Crippen molar-refractivity contribution in [1.29, 1.82) is 0 Å². The molecule has 0 aromatic heterocycles. The zero-order chi connectivity index (χ0) is 12.3. The second-order valence-electron chi connectivity index (χ2n) is 3.55. The van der Waals surface area contributed by atoms with Crippen LogP contribution in [0.5, 0.6) is 0 Å². The van der Waals surface area contributed by atoms with Gasteiger partial charge in [-0.2, -0.15) is 0 Å². The van der Waals surface area contributed by atoms with E-state index in [4.69, 9.17) is 11.6 Å². The van der Waals surface area contributed by atoms with Gasteiger partial charge in [-0.05, 0) is 6.92 Å². The Morgan fingerprint density at radius 2 is 1.81 bits per heavy atom. The quantitative estimate of drug-likeness (QED) is 0.655. The van der Waals surface area contributed by atoms with Crippen LogP contribution in [-0.2, 0) is 14.6 Å². The van der Waals surface area contributed by atoms with Crippen LogP contribution in [0.1, 0.15) is 6.92 Å². The van der Waals surface area contributed by atoms with Gasteiger partial charge in [-0.1, -0.05) is 0 Å². The van der Waals surface area contributed by atoms with Crippen molar-refractivity contribution in [2.45, 2.75) is 12.3 Å². The Morgan fingerprint density at radius 1 is 1.31 bits per heavy atom. The summed E-state index contributed by atoms with van der Waals surface area (Å²) in [5.41, 5.74) is 0. The van der Waals surface area contributed by atoms with E-state index in [1.165, 1.54) is 11.8 Å². The van der Waals surface area contributed by atoms with E-state index in [0.717, 1.165) is 0 Å². The van der Waals surface area contributed by atoms with Gasteiger partial charge in [0.05, 0.1) is 11.5 Å². The van der Waals surface area contributed by atoms with Gasteiger partial charge in [-0.25, -0.2) is 13.2 Å². The lowest BCUT2D eigenvalue weighted by atomic mass is 10.4. The molecular weight excluding hydrogens is 256 g/mol. The minimum absolute atomic E-state index is 0.0644. The largest absolute Gasteiger partial charge is 0.324 e. The van der Waals surface area contributed by atoms with Crippen molar-refractivity contribution in [3.63, 3.8) is 0 Å². The molecule has 16 heavy (non-hydrogen) atoms. The number of alkyl halides is 1. The van der Waals surface area contributed by atoms with Gasteiger partial charge in [-0.3, -0.25) is 10.1 Å². The molecule has 1 aliphatic heterocycles. The molecule has 0 saturated carbocycles. The number of sulfone groups is 1. The number of carbonyl (C=O) groups is 2. The Morgan fingerprint density at radius 3 is 2.25 bits per heavy atom. The third-order valence-corrected chi connectivity index (χ3v) is 4.03. The van der Waals surface area contributed by atoms with Gasteiger partial charge in [-0.15, -0.1) is 11.6 Å². The van der Waals surface area contributed by atoms with Crippen LogP contribution in [0.3, 0.4) is 0 Å². The molecule has 1 aliphatic rings. The maximum atomic E-state index is 11.5. The maximum absolute atomic E-state index is 11.5. The second-order valence-corrected chi connectivity index (χ2v) is 6.51. The summed E-state index contributed by atoms with van der Waals surface area (Å²) >= 11 is 5.48. The van der Waals surface area contributed by atoms with Gasteiger partial charge in [0.25, 0.3) is 0 Å². The predicted octanol–water partition coefficient (Wildman–Crippen LogP) is -0.420. The molecule has 0 spiro atoms. The fourth-order valence-electron chi connectivity index (χ4n) is 1.20. The second kappa shape index (κ2) is 5.01. The lowest BCUT2D eigenvalue weighted by Crippen LogP contribution is -2.50. The van der Waals surface area contributed by atoms with Gasteiger partial charge in [0, 0.05) is 13.1 Å². The Hall–Kier alpha value is -0.820. The molecule has 8 heteroatoms. The van der Waals surface area contributed by atoms with Gasteiger partial charge in [0.2, 0.25) is 5.91 Å². The highest BCUT2D eigenvalue weighted by atomic mass is 35.5. The van der Waals surface area contributed by atoms with Crippen molar-refractivity contribution < 1.29 is 18.0 Å². The predicted molar refractivity (Wildman–Crippen MR) is 59.1 cm³/mol. The molecule has 1 heterocycles. The zero-order valence-electron chi connectivity index (χ0n) is 8.77. The number of amides is 3. The summed E-state index contributed by atoms with van der Waals surface area (Å²) in [6, 6.07) is -0.590. The number of hydrogen-bond donors (Lipinski definition) is 1. The maximum Gasteiger partial charge on any atom is 0.324 e. The van der Waals surface area contributed by atoms with E-state index in [1.807, 2.05) is 0 Å². The SMILES string of the molecule is CC(Cl)C(=O)NC(=O)N1CCS(=O)(=O)CC1. The summed E-state index contributed by atoms with van der Waals surface area (Å²) < 4.78 is 22.2. The van der Waals surface area contributed by atoms with E-state index < -0.39 is 27.2 Å². The molecule has 0 aromatic carbocycles. The van der Waals surface area contributed by atoms with Crippen molar-refractivity contribution in [3.05, 3.63) is 0 Å². The van der Waals surface area contributed by atoms with Crippen LogP contribution in [0.15, 0.2) is 0 Å². The van der Waals surface area contributed by atoms with Crippen molar-refractivity contribution in [1.82, 2.24) is 10.2 Å². The Labute approximate surface area is 98.8 Å². The number of imide groups is 1. The van der Waals surface area contributed by atoms with E-state index in [0.29, 0.717) is 0 Å². The van der Waals surface area contributed by atoms with E-state index in [9.17, 15) is 18.0 Å². The van der Waals surface area contributed by atoms with Crippen molar-refractivity contribution >= 4 is 33.4 Å². The average Bonchev–Trinajstić information content (AvgIpc) is 2.17. The highest BCUT2D eigenvalue weighted by Crippen LogP contribution is 2.04. The summed E-state index contributed by atoms with van der Waals surface area (Å²) in [5.74, 6) is -0.712. The number of hydrogen-bond acceptors (Lipinski definition) is 4. The number of rotatable bonds is 1. The first-order valence-electron chi connectivity index (χ1n) is 4.76. The molecule has 1 unspecified atom stereocenters. The van der Waals surface area contributed by atoms with Crippen LogP contribution in [0.4, 0.5) is 4.79 Å². The first kappa shape index (κ1) is 13.2. The Bertz CT molecular complexity index is 379. The van der Waals surface area contributed by atoms with Crippen LogP contribution >= 0.6 is 11.6 Å². The molecular formula is C8H13ClN2O4S. The van der Waals surface area contributed by atoms with Crippen LogP contribution in [0.25, 0.3) is 0 Å². The van der Waals surface area contributed by atoms with Gasteiger partial charge in [0.1, 0.15) is 5.38 Å². The topological polar surface area (TPSA) is 83.6 Å². The molecule has 0 aliphatic carbocycles. The Kier molecular flexibility index (Phi) is 4.15. The molecule has 1 rings (SSSR count). The van der Waals surface area contributed by atoms with Crippen LogP contribution in [0.2, 0.25) is 0 Å². The molecule has 0 bridgehead atoms. The normalized spacial score (nSPS) is 21.2. The fourth-order valence-corrected chi connectivity index (χ4v) is 2.46. The monoisotopic (exact) mass is 268 g/mol. The first-order valence-corrected chi connectivity index (χ1v) is 7.02. The molecule has 92 valence electrons. The van der Waals surface area contributed by atoms with Crippen molar-refractivity contribution in [3.8, 4) is 0 Å². The number of carbonyl (C=O) groups excluding carboxylic acids is 2. The summed E-state index contributed by atoms with van der Waals surface area (Å²) in [7, 11) is -3.03. The molecule has 0 aromatic rings. The highest BCUT2D eigenvalue weighted by Gasteiger charge is 2.26. The van der Waals surface area contributed by atoms with Crippen LogP contribution in [-0.4, -0.2) is 55.2 Å². The first-order chi connectivity index (χ1) is 7.32. The fraction of sp³-hybridized carbons (Fsp3) is 0.750. The average molecular weight is 269 g/mol. The summed E-state index contributed by atoms with van der Waals surface area (Å²) in [4.78, 5) is 23.9. The van der Waals surface area contributed by atoms with E-state index >= 15 is 0 Å². The Balaban J connectivity index is 2.48. The minimum atomic E-state index is -3.03. The zero-order valence-corrected chi connectivity index (χ0v) is 10.3. The number of halogens is 1. The van der Waals surface area contributed by atoms with Crippen LogP contribution in [0, 0.1) is 0 Å². The molecule has 1 fully saturated rings. The van der Waals surface area contributed by atoms with Crippen molar-refractivity contribution in [2.75, 3.05) is 24.6 Å². The van der Waals surface area contributed by atoms with E-state index in [-0.39, 0.29) is 24.6 Å². The molecule has 1 atom stereocenters. The number of nitrogens with zero attached hydrogens (tertiary/aromatic N) is 1. The highest BCUT2D eigenvalue weighted by molar-refractivity contribution is 7.91. The van der Waals surface area contributed by atoms with E-state index in [2.05, 4.69) is 5.32 Å². The third-order valence-electron chi connectivity index (χ3n) is 2.22. The summed E-state index contributed by atoms with van der Waals surface area (Å²) in [6.07, 6.45) is 0. The summed E-state index contributed by atoms with van der Waals surface area (Å²) in [5, 5.41) is 1.30. The summed E-state index contributed by atoms with van der Waals surface area (Å²) in [6.45, 7) is 1.67. The lowest BCUT2D eigenvalue weighted by molar-refractivity contribution is -0.119. The standard InChI is InChI=1S/C8H13ClN2O4S/c1-6(9)7(12)10-8(13)11-2-4-16(14,15)5-3-11/h6H,2-5H2,1H3,(H,10,12,13). The third kappa shape index (κ3) is 3.64.